The summed E-state index contributed by atoms with van der Waals surface area (Å²) in [6.07, 6.45) is 9.58. The average Bonchev–Trinajstić information content (AvgIpc) is 2.90. The van der Waals surface area contributed by atoms with Crippen LogP contribution in [0.4, 0.5) is 0 Å². The normalized spacial score (nSPS) is 21.2. The highest BCUT2D eigenvalue weighted by atomic mass is 16.6. The number of rotatable bonds is 7. The molecule has 8 heteroatoms. The lowest BCUT2D eigenvalue weighted by Gasteiger charge is -2.51. The fraction of sp³-hybridized carbons (Fsp3) is 0.500. The van der Waals surface area contributed by atoms with Crippen LogP contribution in [0, 0.1) is 5.92 Å². The average molecular weight is 551 g/mol. The van der Waals surface area contributed by atoms with Crippen molar-refractivity contribution in [3.63, 3.8) is 0 Å². The van der Waals surface area contributed by atoms with Crippen molar-refractivity contribution in [3.05, 3.63) is 47.5 Å². The first-order valence-electron chi connectivity index (χ1n) is 14.1. The highest BCUT2D eigenvalue weighted by Gasteiger charge is 2.49. The Labute approximate surface area is 235 Å². The van der Waals surface area contributed by atoms with Crippen LogP contribution in [-0.2, 0) is 24.6 Å². The first-order valence-corrected chi connectivity index (χ1v) is 14.1. The third-order valence-corrected chi connectivity index (χ3v) is 8.15. The van der Waals surface area contributed by atoms with Gasteiger partial charge in [-0.05, 0) is 72.9 Å². The molecule has 2 aliphatic rings. The van der Waals surface area contributed by atoms with Crippen LogP contribution in [0.2, 0.25) is 0 Å². The van der Waals surface area contributed by atoms with E-state index in [1.54, 1.807) is 12.1 Å². The summed E-state index contributed by atoms with van der Waals surface area (Å²) in [6.45, 7) is 5.26. The molecule has 0 N–H and O–H groups in total. The molecule has 2 aromatic rings. The summed E-state index contributed by atoms with van der Waals surface area (Å²) in [6, 6.07) is 11.1. The maximum atomic E-state index is 12.0. The van der Waals surface area contributed by atoms with Crippen LogP contribution in [-0.4, -0.2) is 23.9 Å². The molecule has 0 saturated heterocycles. The second kappa shape index (κ2) is 12.7. The van der Waals surface area contributed by atoms with Crippen LogP contribution in [0.15, 0.2) is 36.4 Å². The first kappa shape index (κ1) is 29.3. The second-order valence-corrected chi connectivity index (χ2v) is 10.9. The van der Waals surface area contributed by atoms with Crippen molar-refractivity contribution in [2.45, 2.75) is 96.8 Å². The summed E-state index contributed by atoms with van der Waals surface area (Å²) in [5.74, 6) is -0.694. The van der Waals surface area contributed by atoms with Gasteiger partial charge >= 0.3 is 23.9 Å². The number of benzene rings is 2. The molecule has 2 aromatic carbocycles. The third kappa shape index (κ3) is 6.54. The minimum Gasteiger partial charge on any atom is -0.423 e. The first-order chi connectivity index (χ1) is 19.1. The molecule has 0 bridgehead atoms. The monoisotopic (exact) mass is 550 g/mol. The van der Waals surface area contributed by atoms with Gasteiger partial charge in [0.15, 0.2) is 23.0 Å². The fourth-order valence-corrected chi connectivity index (χ4v) is 6.84. The highest BCUT2D eigenvalue weighted by molar-refractivity contribution is 5.75. The molecule has 0 spiro atoms. The van der Waals surface area contributed by atoms with E-state index in [0.29, 0.717) is 5.92 Å². The van der Waals surface area contributed by atoms with Crippen molar-refractivity contribution >= 4 is 23.9 Å². The van der Waals surface area contributed by atoms with E-state index in [0.717, 1.165) is 62.5 Å². The molecular formula is C32H38O8. The van der Waals surface area contributed by atoms with Gasteiger partial charge in [0.25, 0.3) is 0 Å². The van der Waals surface area contributed by atoms with Crippen LogP contribution < -0.4 is 18.9 Å². The lowest BCUT2D eigenvalue weighted by atomic mass is 9.52. The standard InChI is InChI=1S/C32H38O8/c1-20(33)37-28-15-13-24(18-30(28)39-22(3)35)27-12-8-9-17-32(27,25-10-6-5-7-11-25)26-14-16-29(38-21(2)34)31(19-26)40-23(4)36/h13-16,18-19,25,27H,5-12,17H2,1-4H3. The van der Waals surface area contributed by atoms with E-state index in [-0.39, 0.29) is 34.3 Å². The number of carbonyl (C=O) groups is 4. The Balaban J connectivity index is 1.89. The van der Waals surface area contributed by atoms with Crippen molar-refractivity contribution in [1.29, 1.82) is 0 Å². The largest absolute Gasteiger partial charge is 0.423 e. The maximum Gasteiger partial charge on any atom is 0.308 e. The van der Waals surface area contributed by atoms with Crippen molar-refractivity contribution < 1.29 is 38.1 Å². The molecule has 0 aromatic heterocycles. The zero-order valence-electron chi connectivity index (χ0n) is 23.7. The van der Waals surface area contributed by atoms with E-state index < -0.39 is 23.9 Å². The van der Waals surface area contributed by atoms with Gasteiger partial charge in [-0.2, -0.15) is 0 Å². The predicted molar refractivity (Wildman–Crippen MR) is 148 cm³/mol. The summed E-state index contributed by atoms with van der Waals surface area (Å²) in [4.78, 5) is 47.4. The van der Waals surface area contributed by atoms with Crippen LogP contribution in [0.1, 0.15) is 103 Å². The van der Waals surface area contributed by atoms with E-state index in [2.05, 4.69) is 0 Å². The third-order valence-electron chi connectivity index (χ3n) is 8.15. The van der Waals surface area contributed by atoms with Crippen LogP contribution >= 0.6 is 0 Å². The Hall–Kier alpha value is -3.68. The number of carbonyl (C=O) groups excluding carboxylic acids is 4. The fourth-order valence-electron chi connectivity index (χ4n) is 6.84. The van der Waals surface area contributed by atoms with Gasteiger partial charge < -0.3 is 18.9 Å². The van der Waals surface area contributed by atoms with E-state index >= 15 is 0 Å². The number of hydrogen-bond donors (Lipinski definition) is 0. The molecule has 214 valence electrons. The summed E-state index contributed by atoms with van der Waals surface area (Å²) in [5, 5.41) is 0. The zero-order chi connectivity index (χ0) is 28.9. The van der Waals surface area contributed by atoms with Gasteiger partial charge in [0, 0.05) is 33.1 Å². The minimum absolute atomic E-state index is 0.0646. The molecule has 40 heavy (non-hydrogen) atoms. The lowest BCUT2D eigenvalue weighted by Crippen LogP contribution is -2.44. The Morgan fingerprint density at radius 3 is 1.68 bits per heavy atom. The lowest BCUT2D eigenvalue weighted by molar-refractivity contribution is -0.134. The Morgan fingerprint density at radius 1 is 0.600 bits per heavy atom. The van der Waals surface area contributed by atoms with Gasteiger partial charge in [0.2, 0.25) is 0 Å². The van der Waals surface area contributed by atoms with Crippen molar-refractivity contribution in [3.8, 4) is 23.0 Å². The van der Waals surface area contributed by atoms with Crippen molar-refractivity contribution in [1.82, 2.24) is 0 Å². The van der Waals surface area contributed by atoms with Gasteiger partial charge in [0.05, 0.1) is 0 Å². The van der Waals surface area contributed by atoms with Crippen LogP contribution in [0.5, 0.6) is 23.0 Å². The Morgan fingerprint density at radius 2 is 1.10 bits per heavy atom. The molecule has 0 amide bonds. The molecule has 0 heterocycles. The number of ether oxygens (including phenoxy) is 4. The smallest absolute Gasteiger partial charge is 0.308 e. The van der Waals surface area contributed by atoms with Gasteiger partial charge in [-0.3, -0.25) is 19.2 Å². The molecule has 2 fully saturated rings. The van der Waals surface area contributed by atoms with E-state index in [9.17, 15) is 19.2 Å². The molecule has 0 aliphatic heterocycles. The summed E-state index contributed by atoms with van der Waals surface area (Å²) >= 11 is 0. The Bertz CT molecular complexity index is 1280. The molecule has 0 radical (unpaired) electrons. The van der Waals surface area contributed by atoms with Crippen LogP contribution in [0.3, 0.4) is 0 Å². The number of esters is 4. The van der Waals surface area contributed by atoms with Gasteiger partial charge in [0.1, 0.15) is 0 Å². The predicted octanol–water partition coefficient (Wildman–Crippen LogP) is 6.56. The van der Waals surface area contributed by atoms with Crippen LogP contribution in [0.25, 0.3) is 0 Å². The summed E-state index contributed by atoms with van der Waals surface area (Å²) < 4.78 is 21.7. The van der Waals surface area contributed by atoms with E-state index in [4.69, 9.17) is 18.9 Å². The van der Waals surface area contributed by atoms with Gasteiger partial charge in [-0.25, -0.2) is 0 Å². The zero-order valence-corrected chi connectivity index (χ0v) is 23.7. The molecular weight excluding hydrogens is 512 g/mol. The van der Waals surface area contributed by atoms with E-state index in [1.807, 2.05) is 24.3 Å². The quantitative estimate of drug-likeness (QED) is 0.282. The molecule has 2 aliphatic carbocycles. The van der Waals surface area contributed by atoms with E-state index in [1.165, 1.54) is 34.1 Å². The molecule has 2 atom stereocenters. The Kier molecular flexibility index (Phi) is 9.28. The van der Waals surface area contributed by atoms with Crippen molar-refractivity contribution in [2.24, 2.45) is 5.92 Å². The number of hydrogen-bond acceptors (Lipinski definition) is 8. The topological polar surface area (TPSA) is 105 Å². The second-order valence-electron chi connectivity index (χ2n) is 10.9. The molecule has 2 unspecified atom stereocenters. The summed E-state index contributed by atoms with van der Waals surface area (Å²) in [7, 11) is 0. The van der Waals surface area contributed by atoms with Crippen molar-refractivity contribution in [2.75, 3.05) is 0 Å². The highest BCUT2D eigenvalue weighted by Crippen LogP contribution is 2.58. The molecule has 8 nitrogen and oxygen atoms in total. The maximum absolute atomic E-state index is 12.0. The van der Waals surface area contributed by atoms with Gasteiger partial charge in [-0.1, -0.05) is 44.2 Å². The molecule has 2 saturated carbocycles. The van der Waals surface area contributed by atoms with Gasteiger partial charge in [-0.15, -0.1) is 0 Å². The summed E-state index contributed by atoms with van der Waals surface area (Å²) in [5.41, 5.74) is 1.74. The SMILES string of the molecule is CC(=O)Oc1ccc(C2CCCCC2(c2ccc(OC(C)=O)c(OC(C)=O)c2)C2CCCCC2)cc1OC(C)=O. The molecule has 4 rings (SSSR count). The minimum atomic E-state index is -0.500.